The van der Waals surface area contributed by atoms with Crippen molar-refractivity contribution in [2.75, 3.05) is 0 Å². The summed E-state index contributed by atoms with van der Waals surface area (Å²) in [5.74, 6) is 2.58. The first-order chi connectivity index (χ1) is 22.8. The molecule has 0 aliphatic heterocycles. The molecule has 0 fully saturated rings. The van der Waals surface area contributed by atoms with Gasteiger partial charge in [0, 0.05) is 48.0 Å². The van der Waals surface area contributed by atoms with Crippen molar-refractivity contribution in [3.63, 3.8) is 0 Å². The molecule has 0 bridgehead atoms. The number of hydrogen-bond acceptors (Lipinski definition) is 6. The Kier molecular flexibility index (Phi) is 6.25. The topological polar surface area (TPSA) is 64.7 Å². The quantitative estimate of drug-likeness (QED) is 0.194. The minimum atomic E-state index is 0.622. The molecule has 3 aromatic heterocycles. The fourth-order valence-electron chi connectivity index (χ4n) is 5.95. The number of para-hydroxylation sites is 1. The number of oxazole rings is 1. The van der Waals surface area contributed by atoms with E-state index in [4.69, 9.17) is 24.4 Å². The number of fused-ring (bicyclic) bond motifs is 4. The summed E-state index contributed by atoms with van der Waals surface area (Å²) in [6.45, 7) is 0. The lowest BCUT2D eigenvalue weighted by molar-refractivity contribution is 0.621. The van der Waals surface area contributed by atoms with E-state index in [1.807, 2.05) is 103 Å². The van der Waals surface area contributed by atoms with E-state index in [0.29, 0.717) is 23.4 Å². The molecule has 6 heteroatoms. The second kappa shape index (κ2) is 10.9. The predicted molar refractivity (Wildman–Crippen MR) is 187 cm³/mol. The normalized spacial score (nSPS) is 11.5. The Morgan fingerprint density at radius 3 is 1.74 bits per heavy atom. The van der Waals surface area contributed by atoms with E-state index in [-0.39, 0.29) is 0 Å². The molecule has 0 saturated carbocycles. The fraction of sp³-hybridized carbons (Fsp3) is 0. The number of hydrogen-bond donors (Lipinski definition) is 0. The molecular weight excluding hydrogens is 585 g/mol. The highest BCUT2D eigenvalue weighted by molar-refractivity contribution is 7.26. The molecule has 0 amide bonds. The van der Waals surface area contributed by atoms with Crippen LogP contribution in [0.1, 0.15) is 0 Å². The second-order valence-electron chi connectivity index (χ2n) is 11.1. The lowest BCUT2D eigenvalue weighted by Crippen LogP contribution is -2.00. The molecule has 3 heterocycles. The second-order valence-corrected chi connectivity index (χ2v) is 12.1. The summed E-state index contributed by atoms with van der Waals surface area (Å²) in [7, 11) is 0. The molecule has 0 aliphatic rings. The Balaban J connectivity index is 1.20. The summed E-state index contributed by atoms with van der Waals surface area (Å²) in [4.78, 5) is 19.7. The van der Waals surface area contributed by atoms with Gasteiger partial charge in [-0.15, -0.1) is 11.3 Å². The lowest BCUT2D eigenvalue weighted by Gasteiger charge is -2.09. The van der Waals surface area contributed by atoms with Crippen LogP contribution in [-0.4, -0.2) is 19.9 Å². The highest BCUT2D eigenvalue weighted by Crippen LogP contribution is 2.42. The fourth-order valence-corrected chi connectivity index (χ4v) is 7.14. The van der Waals surface area contributed by atoms with E-state index >= 15 is 0 Å². The zero-order valence-electron chi connectivity index (χ0n) is 24.5. The molecule has 216 valence electrons. The van der Waals surface area contributed by atoms with E-state index in [0.717, 1.165) is 54.6 Å². The van der Waals surface area contributed by atoms with Crippen LogP contribution in [-0.2, 0) is 0 Å². The minimum absolute atomic E-state index is 0.622. The van der Waals surface area contributed by atoms with Gasteiger partial charge in [-0.25, -0.2) is 19.9 Å². The Labute approximate surface area is 268 Å². The van der Waals surface area contributed by atoms with Crippen molar-refractivity contribution in [2.24, 2.45) is 0 Å². The number of benzene rings is 6. The third-order valence-corrected chi connectivity index (χ3v) is 9.40. The van der Waals surface area contributed by atoms with Crippen LogP contribution in [0.4, 0.5) is 0 Å². The highest BCUT2D eigenvalue weighted by atomic mass is 32.1. The number of aromatic nitrogens is 4. The molecule has 0 radical (unpaired) electrons. The van der Waals surface area contributed by atoms with Crippen LogP contribution in [0.5, 0.6) is 0 Å². The maximum atomic E-state index is 6.36. The number of nitrogens with zero attached hydrogens (tertiary/aromatic N) is 4. The highest BCUT2D eigenvalue weighted by Gasteiger charge is 2.18. The molecule has 0 N–H and O–H groups in total. The largest absolute Gasteiger partial charge is 0.435 e. The van der Waals surface area contributed by atoms with Gasteiger partial charge in [-0.3, -0.25) is 0 Å². The number of rotatable bonds is 5. The molecule has 6 aromatic carbocycles. The molecule has 9 rings (SSSR count). The molecule has 0 spiro atoms. The molecule has 0 saturated heterocycles. The van der Waals surface area contributed by atoms with Crippen LogP contribution in [0, 0.1) is 0 Å². The molecule has 0 atom stereocenters. The van der Waals surface area contributed by atoms with Gasteiger partial charge in [0.05, 0.1) is 0 Å². The maximum absolute atomic E-state index is 6.36. The first-order valence-corrected chi connectivity index (χ1v) is 15.9. The van der Waals surface area contributed by atoms with Gasteiger partial charge in [-0.2, -0.15) is 0 Å². The Bertz CT molecular complexity index is 2470. The van der Waals surface area contributed by atoms with Gasteiger partial charge in [0.15, 0.2) is 23.1 Å². The summed E-state index contributed by atoms with van der Waals surface area (Å²) < 4.78 is 8.70. The van der Waals surface area contributed by atoms with Crippen molar-refractivity contribution in [3.8, 4) is 56.7 Å². The van der Waals surface area contributed by atoms with Crippen molar-refractivity contribution in [2.45, 2.75) is 0 Å². The third-order valence-electron chi connectivity index (χ3n) is 8.18. The van der Waals surface area contributed by atoms with Crippen molar-refractivity contribution >= 4 is 42.6 Å². The van der Waals surface area contributed by atoms with Gasteiger partial charge in [0.2, 0.25) is 5.89 Å². The average molecular weight is 609 g/mol. The van der Waals surface area contributed by atoms with Gasteiger partial charge in [0.25, 0.3) is 0 Å². The summed E-state index contributed by atoms with van der Waals surface area (Å²) in [6.07, 6.45) is 0. The smallest absolute Gasteiger partial charge is 0.227 e. The van der Waals surface area contributed by atoms with Crippen molar-refractivity contribution < 1.29 is 4.42 Å². The van der Waals surface area contributed by atoms with Gasteiger partial charge in [-0.1, -0.05) is 109 Å². The van der Waals surface area contributed by atoms with Crippen molar-refractivity contribution in [1.82, 2.24) is 19.9 Å². The molecular formula is C40H24N4OS. The molecule has 0 aliphatic carbocycles. The van der Waals surface area contributed by atoms with Crippen LogP contribution >= 0.6 is 11.3 Å². The standard InChI is InChI=1S/C40H24N4OS/c1-4-12-25(13-5-1)37-42-38(26-14-6-2-7-15-26)44-39(43-37)31-20-10-19-30-32-24-28(22-23-34(32)46-36(30)31)29-18-11-21-33-35(29)45-40(41-33)27-16-8-3-9-17-27/h1-24H. The van der Waals surface area contributed by atoms with Gasteiger partial charge < -0.3 is 4.42 Å². The van der Waals surface area contributed by atoms with Crippen LogP contribution in [0.25, 0.3) is 88.0 Å². The molecule has 9 aromatic rings. The maximum Gasteiger partial charge on any atom is 0.227 e. The van der Waals surface area contributed by atoms with Gasteiger partial charge in [0.1, 0.15) is 5.52 Å². The van der Waals surface area contributed by atoms with Crippen LogP contribution in [0.15, 0.2) is 150 Å². The van der Waals surface area contributed by atoms with Crippen molar-refractivity contribution in [1.29, 1.82) is 0 Å². The lowest BCUT2D eigenvalue weighted by atomic mass is 10.0. The van der Waals surface area contributed by atoms with E-state index in [2.05, 4.69) is 42.5 Å². The molecule has 46 heavy (non-hydrogen) atoms. The summed E-state index contributed by atoms with van der Waals surface area (Å²) in [5.41, 5.74) is 7.57. The SMILES string of the molecule is c1ccc(-c2nc(-c3ccccc3)nc(-c3cccc4c3sc3ccc(-c5cccc6nc(-c7ccccc7)oc56)cc34)n2)cc1. The summed E-state index contributed by atoms with van der Waals surface area (Å²) in [5, 5.41) is 2.34. The van der Waals surface area contributed by atoms with Gasteiger partial charge in [-0.05, 0) is 42.0 Å². The molecule has 5 nitrogen and oxygen atoms in total. The van der Waals surface area contributed by atoms with Crippen LogP contribution in [0.2, 0.25) is 0 Å². The Morgan fingerprint density at radius 1 is 0.435 bits per heavy atom. The van der Waals surface area contributed by atoms with Crippen LogP contribution in [0.3, 0.4) is 0 Å². The minimum Gasteiger partial charge on any atom is -0.435 e. The van der Waals surface area contributed by atoms with Gasteiger partial charge >= 0.3 is 0 Å². The Hall–Kier alpha value is -5.98. The first-order valence-electron chi connectivity index (χ1n) is 15.1. The summed E-state index contributed by atoms with van der Waals surface area (Å²) >= 11 is 1.76. The van der Waals surface area contributed by atoms with E-state index < -0.39 is 0 Å². The van der Waals surface area contributed by atoms with E-state index in [1.165, 1.54) is 10.1 Å². The Morgan fingerprint density at radius 2 is 1.04 bits per heavy atom. The predicted octanol–water partition coefficient (Wildman–Crippen LogP) is 10.7. The van der Waals surface area contributed by atoms with Crippen LogP contribution < -0.4 is 0 Å². The third kappa shape index (κ3) is 4.55. The van der Waals surface area contributed by atoms with Crippen molar-refractivity contribution in [3.05, 3.63) is 146 Å². The van der Waals surface area contributed by atoms with E-state index in [1.54, 1.807) is 11.3 Å². The summed E-state index contributed by atoms with van der Waals surface area (Å²) in [6, 6.07) is 49.3. The molecule has 0 unspecified atom stereocenters. The zero-order valence-corrected chi connectivity index (χ0v) is 25.3. The average Bonchev–Trinajstić information content (AvgIpc) is 3.74. The van der Waals surface area contributed by atoms with E-state index in [9.17, 15) is 0 Å². The monoisotopic (exact) mass is 608 g/mol. The first kappa shape index (κ1) is 26.4. The zero-order chi connectivity index (χ0) is 30.5. The number of thiophene rings is 1.